The van der Waals surface area contributed by atoms with E-state index in [1.807, 2.05) is 65.0 Å². The van der Waals surface area contributed by atoms with Gasteiger partial charge >= 0.3 is 5.97 Å². The molecule has 12 nitrogen and oxygen atoms in total. The number of rotatable bonds is 4. The molecule has 2 bridgehead atoms. The number of nitrogens with zero attached hydrogens (tertiary/aromatic N) is 1. The Morgan fingerprint density at radius 2 is 1.59 bits per heavy atom. The second-order valence-electron chi connectivity index (χ2n) is 19.1. The smallest absolute Gasteiger partial charge is 0.329 e. The summed E-state index contributed by atoms with van der Waals surface area (Å²) < 4.78 is 18.1. The average Bonchev–Trinajstić information content (AvgIpc) is 3.22. The van der Waals surface area contributed by atoms with E-state index < -0.39 is 66.1 Å². The molecule has 3 aliphatic heterocycles. The Balaban J connectivity index is 1.65. The predicted octanol–water partition coefficient (Wildman–Crippen LogP) is 6.72. The number of cyclic esters (lactones) is 1. The van der Waals surface area contributed by atoms with Crippen molar-refractivity contribution in [3.8, 4) is 0 Å². The Hall–Kier alpha value is -3.00. The fourth-order valence-corrected chi connectivity index (χ4v) is 9.66. The van der Waals surface area contributed by atoms with Crippen LogP contribution in [0.25, 0.3) is 0 Å². The predicted molar refractivity (Wildman–Crippen MR) is 234 cm³/mol. The van der Waals surface area contributed by atoms with E-state index in [4.69, 9.17) is 14.2 Å². The standard InChI is InChI=1S/C49H77NO11/c1-30-14-10-9-11-15-31(2)41(52)27-39-22-17-36(7)49(58,61-39)29-44(54)50-23-13-12-16-40(50)48(57)60-43(33(4)26-37-18-20-38(51)21-19-37)28-42(53)32(3)25-35(6)46(56)47(59-8)45(55)34(5)24-30/h9-11,14-15,25,30,32-34,36-41,43,46-47,51-52,56,58H,12-13,16-24,26-29H2,1-8H3/b11-9+,14-10+,31-15+,35-25+/t30-,32-,33-,34-,36-,37?,38?,39+,40+,41+,43+,46-,47+,49+/m1/s1. The second kappa shape index (κ2) is 23.6. The van der Waals surface area contributed by atoms with Crippen LogP contribution in [-0.4, -0.2) is 111 Å². The Morgan fingerprint density at radius 1 is 0.885 bits per heavy atom. The molecule has 3 heterocycles. The molecule has 4 rings (SSSR count). The lowest BCUT2D eigenvalue weighted by Gasteiger charge is -2.44. The van der Waals surface area contributed by atoms with Crippen molar-refractivity contribution >= 4 is 23.4 Å². The van der Waals surface area contributed by atoms with Gasteiger partial charge in [-0.15, -0.1) is 0 Å². The Morgan fingerprint density at radius 3 is 2.28 bits per heavy atom. The summed E-state index contributed by atoms with van der Waals surface area (Å²) in [6, 6.07) is -0.897. The lowest BCUT2D eigenvalue weighted by Crippen LogP contribution is -2.54. The molecule has 0 aromatic carbocycles. The second-order valence-corrected chi connectivity index (χ2v) is 19.1. The van der Waals surface area contributed by atoms with Gasteiger partial charge in [-0.3, -0.25) is 14.4 Å². The molecule has 0 unspecified atom stereocenters. The van der Waals surface area contributed by atoms with Crippen LogP contribution < -0.4 is 0 Å². The summed E-state index contributed by atoms with van der Waals surface area (Å²) in [5, 5.41) is 44.5. The number of allylic oxidation sites excluding steroid dienone is 6. The first kappa shape index (κ1) is 50.6. The highest BCUT2D eigenvalue weighted by molar-refractivity contribution is 5.87. The fourth-order valence-electron chi connectivity index (χ4n) is 9.66. The van der Waals surface area contributed by atoms with Crippen molar-refractivity contribution < 1.29 is 53.8 Å². The number of esters is 1. The van der Waals surface area contributed by atoms with E-state index >= 15 is 0 Å². The SMILES string of the molecule is CO[C@H]1C(=O)[C@H](C)C[C@H](C)/C=C/C=C/C=C(\C)[C@@H](O)C[C@@H]2CC[C@@H](C)[C@](O)(CC(=O)N3CCCC[C@H]3C(=O)O[C@H]([C@H](C)CC3CCC(O)CC3)CC(=O)[C@H](C)/C=C(\C)[C@H]1O)O2. The van der Waals surface area contributed by atoms with E-state index in [0.717, 1.165) is 12.8 Å². The van der Waals surface area contributed by atoms with Crippen LogP contribution in [0.3, 0.4) is 0 Å². The third-order valence-electron chi connectivity index (χ3n) is 13.9. The number of hydrogen-bond acceptors (Lipinski definition) is 11. The van der Waals surface area contributed by atoms with Gasteiger partial charge in [-0.1, -0.05) is 71.1 Å². The van der Waals surface area contributed by atoms with Crippen molar-refractivity contribution in [3.05, 3.63) is 47.6 Å². The minimum Gasteiger partial charge on any atom is -0.460 e. The van der Waals surface area contributed by atoms with Crippen LogP contribution in [0.1, 0.15) is 138 Å². The number of ketones is 2. The van der Waals surface area contributed by atoms with Crippen molar-refractivity contribution in [2.75, 3.05) is 13.7 Å². The topological polar surface area (TPSA) is 180 Å². The van der Waals surface area contributed by atoms with E-state index in [0.29, 0.717) is 81.4 Å². The lowest BCUT2D eigenvalue weighted by atomic mass is 9.79. The van der Waals surface area contributed by atoms with Crippen LogP contribution in [0.5, 0.6) is 0 Å². The van der Waals surface area contributed by atoms with Crippen molar-refractivity contribution in [2.24, 2.45) is 35.5 Å². The zero-order valence-corrected chi connectivity index (χ0v) is 38.2. The highest BCUT2D eigenvalue weighted by atomic mass is 16.6. The summed E-state index contributed by atoms with van der Waals surface area (Å²) >= 11 is 0. The Labute approximate surface area is 364 Å². The molecule has 0 radical (unpaired) electrons. The molecule has 12 heteroatoms. The molecule has 0 aromatic rings. The fraction of sp³-hybridized carbons (Fsp3) is 0.755. The van der Waals surface area contributed by atoms with Crippen LogP contribution in [0.15, 0.2) is 47.6 Å². The molecule has 61 heavy (non-hydrogen) atoms. The summed E-state index contributed by atoms with van der Waals surface area (Å²) in [7, 11) is 1.39. The Kier molecular flexibility index (Phi) is 19.6. The summed E-state index contributed by atoms with van der Waals surface area (Å²) in [5.41, 5.74) is 1.14. The number of Topliss-reactive ketones (excluding diaryl/α,β-unsaturated/α-hetero) is 2. The van der Waals surface area contributed by atoms with Crippen LogP contribution in [-0.2, 0) is 33.4 Å². The van der Waals surface area contributed by atoms with Gasteiger partial charge in [-0.25, -0.2) is 4.79 Å². The number of aliphatic hydroxyl groups excluding tert-OH is 3. The minimum atomic E-state index is -1.79. The number of hydrogen-bond donors (Lipinski definition) is 4. The van der Waals surface area contributed by atoms with Crippen LogP contribution >= 0.6 is 0 Å². The molecule has 1 saturated carbocycles. The van der Waals surface area contributed by atoms with Gasteiger partial charge in [0.25, 0.3) is 0 Å². The van der Waals surface area contributed by atoms with Gasteiger partial charge in [0, 0.05) is 44.2 Å². The van der Waals surface area contributed by atoms with Gasteiger partial charge in [0.05, 0.1) is 24.7 Å². The van der Waals surface area contributed by atoms with E-state index in [-0.39, 0.29) is 54.7 Å². The minimum absolute atomic E-state index is 0.0330. The lowest BCUT2D eigenvalue weighted by molar-refractivity contribution is -0.283. The molecule has 12 atom stereocenters. The van der Waals surface area contributed by atoms with Crippen LogP contribution in [0.4, 0.5) is 0 Å². The summed E-state index contributed by atoms with van der Waals surface area (Å²) in [6.07, 6.45) is 13.3. The summed E-state index contributed by atoms with van der Waals surface area (Å²) in [6.45, 7) is 13.2. The maximum atomic E-state index is 14.2. The summed E-state index contributed by atoms with van der Waals surface area (Å²) in [4.78, 5) is 57.5. The number of methoxy groups -OCH3 is 1. The Bertz CT molecular complexity index is 1600. The molecule has 0 aromatic heterocycles. The van der Waals surface area contributed by atoms with Crippen LogP contribution in [0.2, 0.25) is 0 Å². The largest absolute Gasteiger partial charge is 0.460 e. The van der Waals surface area contributed by atoms with Gasteiger partial charge < -0.3 is 39.5 Å². The van der Waals surface area contributed by atoms with Gasteiger partial charge in [0.1, 0.15) is 30.1 Å². The molecule has 2 saturated heterocycles. The van der Waals surface area contributed by atoms with Gasteiger partial charge in [-0.05, 0) is 113 Å². The number of carbonyl (C=O) groups is 4. The van der Waals surface area contributed by atoms with E-state index in [2.05, 4.69) is 0 Å². The molecule has 4 N–H and O–H groups in total. The third-order valence-corrected chi connectivity index (χ3v) is 13.9. The molecule has 3 fully saturated rings. The number of carbonyl (C=O) groups excluding carboxylic acids is 4. The normalized spacial score (nSPS) is 41.0. The van der Waals surface area contributed by atoms with Gasteiger partial charge in [0.15, 0.2) is 11.6 Å². The molecule has 1 aliphatic carbocycles. The molecular weight excluding hydrogens is 779 g/mol. The summed E-state index contributed by atoms with van der Waals surface area (Å²) in [5.74, 6) is -4.57. The molecule has 4 aliphatic rings. The monoisotopic (exact) mass is 856 g/mol. The number of fused-ring (bicyclic) bond motifs is 3. The number of piperidine rings is 1. The quantitative estimate of drug-likeness (QED) is 0.174. The van der Waals surface area contributed by atoms with Crippen LogP contribution in [0, 0.1) is 35.5 Å². The molecule has 0 spiro atoms. The highest BCUT2D eigenvalue weighted by Gasteiger charge is 2.46. The molecular formula is C49H77NO11. The zero-order valence-electron chi connectivity index (χ0n) is 38.2. The van der Waals surface area contributed by atoms with E-state index in [1.165, 1.54) is 12.0 Å². The van der Waals surface area contributed by atoms with E-state index in [1.54, 1.807) is 19.9 Å². The average molecular weight is 856 g/mol. The zero-order chi connectivity index (χ0) is 45.0. The highest BCUT2D eigenvalue weighted by Crippen LogP contribution is 2.38. The number of aliphatic hydroxyl groups is 4. The van der Waals surface area contributed by atoms with Gasteiger partial charge in [-0.2, -0.15) is 0 Å². The number of ether oxygens (including phenoxy) is 3. The molecule has 344 valence electrons. The maximum absolute atomic E-state index is 14.2. The first-order chi connectivity index (χ1) is 28.8. The van der Waals surface area contributed by atoms with Gasteiger partial charge in [0.2, 0.25) is 5.91 Å². The van der Waals surface area contributed by atoms with E-state index in [9.17, 15) is 39.6 Å². The first-order valence-corrected chi connectivity index (χ1v) is 23.1. The number of amides is 1. The van der Waals surface area contributed by atoms with Crippen molar-refractivity contribution in [1.29, 1.82) is 0 Å². The molecule has 1 amide bonds. The van der Waals surface area contributed by atoms with Crippen molar-refractivity contribution in [3.63, 3.8) is 0 Å². The third kappa shape index (κ3) is 14.5. The first-order valence-electron chi connectivity index (χ1n) is 23.1. The van der Waals surface area contributed by atoms with Crippen molar-refractivity contribution in [1.82, 2.24) is 4.90 Å². The van der Waals surface area contributed by atoms with Crippen molar-refractivity contribution in [2.45, 2.75) is 187 Å². The maximum Gasteiger partial charge on any atom is 0.329 e.